The fourth-order valence-corrected chi connectivity index (χ4v) is 4.21. The molecule has 158 valence electrons. The van der Waals surface area contributed by atoms with Crippen molar-refractivity contribution in [2.75, 3.05) is 4.72 Å². The van der Waals surface area contributed by atoms with Gasteiger partial charge >= 0.3 is 11.1 Å². The van der Waals surface area contributed by atoms with Crippen molar-refractivity contribution in [2.24, 2.45) is 0 Å². The van der Waals surface area contributed by atoms with Crippen LogP contribution in [0.2, 0.25) is 10.0 Å². The number of fused-ring (bicyclic) bond motifs is 1. The summed E-state index contributed by atoms with van der Waals surface area (Å²) in [7, 11) is 0. The quantitative estimate of drug-likeness (QED) is 0.193. The minimum Gasteiger partial charge on any atom is -0.326 e. The number of aryl methyl sites for hydroxylation is 1. The lowest BCUT2D eigenvalue weighted by molar-refractivity contribution is 0.586. The maximum atomic E-state index is 14.3. The van der Waals surface area contributed by atoms with Gasteiger partial charge in [-0.2, -0.15) is 0 Å². The van der Waals surface area contributed by atoms with E-state index in [1.54, 1.807) is 30.3 Å². The van der Waals surface area contributed by atoms with Crippen LogP contribution in [-0.2, 0) is 0 Å². The molecule has 0 saturated heterocycles. The number of rotatable bonds is 4. The zero-order valence-electron chi connectivity index (χ0n) is 15.8. The number of H-pyrrole nitrogens is 2. The second-order valence-corrected chi connectivity index (χ2v) is 8.33. The monoisotopic (exact) mass is 479 g/mol. The average Bonchev–Trinajstić information content (AvgIpc) is 2.73. The zero-order valence-corrected chi connectivity index (χ0v) is 18.1. The summed E-state index contributed by atoms with van der Waals surface area (Å²) in [6.07, 6.45) is 0. The summed E-state index contributed by atoms with van der Waals surface area (Å²) in [5.41, 5.74) is 1.57. The fraction of sp³-hybridized carbons (Fsp3) is 0.0476. The minimum absolute atomic E-state index is 0.0962. The Labute approximate surface area is 188 Å². The van der Waals surface area contributed by atoms with Gasteiger partial charge in [0.1, 0.15) is 10.8 Å². The highest BCUT2D eigenvalue weighted by atomic mass is 35.5. The number of benzene rings is 3. The second-order valence-electron chi connectivity index (χ2n) is 6.69. The van der Waals surface area contributed by atoms with Crippen LogP contribution in [0.15, 0.2) is 56.9 Å². The lowest BCUT2D eigenvalue weighted by Crippen LogP contribution is -2.28. The Bertz CT molecular complexity index is 1450. The molecule has 0 radical (unpaired) electrons. The molecule has 1 aromatic heterocycles. The number of hydrogen-bond acceptors (Lipinski definition) is 4. The lowest BCUT2D eigenvalue weighted by atomic mass is 10.0. The Kier molecular flexibility index (Phi) is 5.79. The van der Waals surface area contributed by atoms with Gasteiger partial charge in [-0.3, -0.25) is 9.59 Å². The molecular formula is C21H13Cl2F2N3O2S. The van der Waals surface area contributed by atoms with Gasteiger partial charge in [0.05, 0.1) is 16.1 Å². The molecule has 31 heavy (non-hydrogen) atoms. The number of anilines is 1. The van der Waals surface area contributed by atoms with E-state index in [0.29, 0.717) is 22.3 Å². The van der Waals surface area contributed by atoms with E-state index in [-0.39, 0.29) is 10.6 Å². The second kappa shape index (κ2) is 8.37. The van der Waals surface area contributed by atoms with E-state index in [2.05, 4.69) is 14.7 Å². The van der Waals surface area contributed by atoms with Crippen LogP contribution >= 0.6 is 35.1 Å². The van der Waals surface area contributed by atoms with Gasteiger partial charge in [0.2, 0.25) is 0 Å². The van der Waals surface area contributed by atoms with E-state index in [9.17, 15) is 18.4 Å². The molecule has 4 rings (SSSR count). The largest absolute Gasteiger partial charge is 0.326 e. The summed E-state index contributed by atoms with van der Waals surface area (Å²) < 4.78 is 30.9. The van der Waals surface area contributed by atoms with Crippen molar-refractivity contribution in [3.05, 3.63) is 90.4 Å². The van der Waals surface area contributed by atoms with E-state index >= 15 is 0 Å². The summed E-state index contributed by atoms with van der Waals surface area (Å²) in [5.74, 6) is -1.72. The molecule has 0 spiro atoms. The van der Waals surface area contributed by atoms with Crippen LogP contribution < -0.4 is 15.8 Å². The van der Waals surface area contributed by atoms with Gasteiger partial charge in [-0.25, -0.2) is 8.78 Å². The minimum atomic E-state index is -0.877. The molecule has 3 N–H and O–H groups in total. The maximum absolute atomic E-state index is 14.3. The van der Waals surface area contributed by atoms with Gasteiger partial charge in [0.15, 0.2) is 5.82 Å². The topological polar surface area (TPSA) is 77.8 Å². The summed E-state index contributed by atoms with van der Waals surface area (Å²) in [6.45, 7) is 1.87. The van der Waals surface area contributed by atoms with E-state index in [1.165, 1.54) is 18.0 Å². The van der Waals surface area contributed by atoms with Gasteiger partial charge in [-0.1, -0.05) is 29.3 Å². The van der Waals surface area contributed by atoms with Gasteiger partial charge in [0, 0.05) is 21.7 Å². The standard InChI is InChI=1S/C21H13Cl2F2N3O2S/c1-9-6-15-16(27-21(30)20(29)26-15)8-17(9)31-28-10-2-3-11(13(22)7-10)12-4-5-14(24)18(23)19(12)25/h2-8,28H,1H3,(H,26,29)(H,27,30). The highest BCUT2D eigenvalue weighted by Gasteiger charge is 2.15. The lowest BCUT2D eigenvalue weighted by Gasteiger charge is -2.12. The van der Waals surface area contributed by atoms with Crippen molar-refractivity contribution in [1.29, 1.82) is 0 Å². The fourth-order valence-electron chi connectivity index (χ4n) is 3.01. The molecule has 0 bridgehead atoms. The molecule has 0 amide bonds. The molecular weight excluding hydrogens is 467 g/mol. The first kappa shape index (κ1) is 21.4. The molecule has 0 aliphatic carbocycles. The Morgan fingerprint density at radius 3 is 2.23 bits per heavy atom. The maximum Gasteiger partial charge on any atom is 0.314 e. The number of nitrogens with one attached hydrogen (secondary N) is 3. The van der Waals surface area contributed by atoms with Crippen molar-refractivity contribution in [2.45, 2.75) is 11.8 Å². The molecule has 10 heteroatoms. The number of aromatic nitrogens is 2. The Morgan fingerprint density at radius 1 is 0.903 bits per heavy atom. The molecule has 0 aliphatic rings. The third kappa shape index (κ3) is 4.19. The summed E-state index contributed by atoms with van der Waals surface area (Å²) >= 11 is 13.3. The van der Waals surface area contributed by atoms with Crippen LogP contribution in [0.25, 0.3) is 22.2 Å². The van der Waals surface area contributed by atoms with Crippen LogP contribution in [0.3, 0.4) is 0 Å². The van der Waals surface area contributed by atoms with Gasteiger partial charge < -0.3 is 14.7 Å². The number of aromatic amines is 2. The highest BCUT2D eigenvalue weighted by Crippen LogP contribution is 2.36. The molecule has 0 unspecified atom stereocenters. The first-order chi connectivity index (χ1) is 14.7. The SMILES string of the molecule is Cc1cc2[nH]c(=O)c(=O)[nH]c2cc1SNc1ccc(-c2ccc(F)c(Cl)c2F)c(Cl)c1. The first-order valence-corrected chi connectivity index (χ1v) is 10.4. The van der Waals surface area contributed by atoms with E-state index in [0.717, 1.165) is 16.5 Å². The molecule has 0 aliphatic heterocycles. The average molecular weight is 480 g/mol. The molecule has 4 aromatic rings. The molecule has 3 aromatic carbocycles. The summed E-state index contributed by atoms with van der Waals surface area (Å²) in [5, 5.41) is -0.332. The van der Waals surface area contributed by atoms with Gasteiger partial charge in [-0.15, -0.1) is 0 Å². The van der Waals surface area contributed by atoms with Crippen LogP contribution in [0.4, 0.5) is 14.5 Å². The van der Waals surface area contributed by atoms with E-state index < -0.39 is 27.8 Å². The van der Waals surface area contributed by atoms with Crippen molar-refractivity contribution in [1.82, 2.24) is 9.97 Å². The zero-order chi connectivity index (χ0) is 22.3. The van der Waals surface area contributed by atoms with Crippen LogP contribution in [0.1, 0.15) is 5.56 Å². The number of halogens is 4. The molecule has 0 fully saturated rings. The van der Waals surface area contributed by atoms with Gasteiger partial charge in [-0.05, 0) is 60.8 Å². The van der Waals surface area contributed by atoms with Crippen molar-refractivity contribution in [3.8, 4) is 11.1 Å². The van der Waals surface area contributed by atoms with E-state index in [4.69, 9.17) is 23.2 Å². The predicted molar refractivity (Wildman–Crippen MR) is 121 cm³/mol. The van der Waals surface area contributed by atoms with E-state index in [1.807, 2.05) is 6.92 Å². The molecule has 1 heterocycles. The smallest absolute Gasteiger partial charge is 0.314 e. The van der Waals surface area contributed by atoms with Gasteiger partial charge in [0.25, 0.3) is 0 Å². The van der Waals surface area contributed by atoms with Crippen LogP contribution in [0, 0.1) is 18.6 Å². The summed E-state index contributed by atoms with van der Waals surface area (Å²) in [6, 6.07) is 10.8. The Hall–Kier alpha value is -2.81. The molecule has 0 atom stereocenters. The first-order valence-electron chi connectivity index (χ1n) is 8.88. The van der Waals surface area contributed by atoms with Crippen LogP contribution in [-0.4, -0.2) is 9.97 Å². The Morgan fingerprint density at radius 2 is 1.55 bits per heavy atom. The molecule has 5 nitrogen and oxygen atoms in total. The Balaban J connectivity index is 1.60. The van der Waals surface area contributed by atoms with Crippen LogP contribution in [0.5, 0.6) is 0 Å². The van der Waals surface area contributed by atoms with Crippen molar-refractivity contribution < 1.29 is 8.78 Å². The normalized spacial score (nSPS) is 11.1. The predicted octanol–water partition coefficient (Wildman–Crippen LogP) is 5.90. The third-order valence-corrected chi connectivity index (χ3v) is 6.25. The number of hydrogen-bond donors (Lipinski definition) is 3. The molecule has 0 saturated carbocycles. The van der Waals surface area contributed by atoms with Crippen molar-refractivity contribution in [3.63, 3.8) is 0 Å². The summed E-state index contributed by atoms with van der Waals surface area (Å²) in [4.78, 5) is 28.9. The van der Waals surface area contributed by atoms with Crippen molar-refractivity contribution >= 4 is 51.9 Å². The third-order valence-electron chi connectivity index (χ3n) is 4.59. The highest BCUT2D eigenvalue weighted by molar-refractivity contribution is 8.00.